The average molecular weight is 281 g/mol. The maximum atomic E-state index is 13.3. The van der Waals surface area contributed by atoms with Crippen LogP contribution >= 0.6 is 0 Å². The van der Waals surface area contributed by atoms with Crippen molar-refractivity contribution < 1.29 is 14.0 Å². The third-order valence-electron chi connectivity index (χ3n) is 2.37. The molecule has 0 aliphatic carbocycles. The Kier molecular flexibility index (Phi) is 5.07. The number of nitrogens with one attached hydrogen (secondary N) is 3. The lowest BCUT2D eigenvalue weighted by molar-refractivity contribution is -0.118. The molecule has 1 aromatic rings. The Labute approximate surface area is 117 Å². The van der Waals surface area contributed by atoms with Gasteiger partial charge in [0, 0.05) is 11.2 Å². The van der Waals surface area contributed by atoms with Crippen LogP contribution in [0.2, 0.25) is 0 Å². The Morgan fingerprint density at radius 2 is 1.90 bits per heavy atom. The van der Waals surface area contributed by atoms with Gasteiger partial charge in [-0.25, -0.2) is 9.18 Å². The van der Waals surface area contributed by atoms with E-state index in [1.54, 1.807) is 19.1 Å². The maximum Gasteiger partial charge on any atom is 0.321 e. The molecule has 0 aliphatic rings. The normalized spacial score (nSPS) is 10.8. The van der Waals surface area contributed by atoms with E-state index in [1.807, 2.05) is 20.8 Å². The Morgan fingerprint density at radius 1 is 1.25 bits per heavy atom. The largest absolute Gasteiger partial charge is 0.376 e. The first-order valence-electron chi connectivity index (χ1n) is 6.29. The zero-order chi connectivity index (χ0) is 15.3. The van der Waals surface area contributed by atoms with Crippen LogP contribution in [0.3, 0.4) is 0 Å². The summed E-state index contributed by atoms with van der Waals surface area (Å²) in [6, 6.07) is 4.03. The summed E-state index contributed by atoms with van der Waals surface area (Å²) >= 11 is 0. The van der Waals surface area contributed by atoms with Crippen molar-refractivity contribution in [3.8, 4) is 0 Å². The first-order valence-corrected chi connectivity index (χ1v) is 6.29. The number of amides is 3. The van der Waals surface area contributed by atoms with Gasteiger partial charge in [-0.3, -0.25) is 10.1 Å². The molecular weight excluding hydrogens is 261 g/mol. The predicted molar refractivity (Wildman–Crippen MR) is 76.1 cm³/mol. The van der Waals surface area contributed by atoms with E-state index in [1.165, 1.54) is 6.07 Å². The number of imide groups is 1. The monoisotopic (exact) mass is 281 g/mol. The Balaban J connectivity index is 2.43. The number of carbonyl (C=O) groups is 2. The molecule has 3 amide bonds. The molecule has 6 heteroatoms. The lowest BCUT2D eigenvalue weighted by Crippen LogP contribution is -2.49. The van der Waals surface area contributed by atoms with Crippen molar-refractivity contribution in [2.75, 3.05) is 11.9 Å². The number of aryl methyl sites for hydroxylation is 1. The lowest BCUT2D eigenvalue weighted by Gasteiger charge is -2.20. The third kappa shape index (κ3) is 5.69. The van der Waals surface area contributed by atoms with Crippen molar-refractivity contribution in [2.45, 2.75) is 33.2 Å². The molecule has 0 unspecified atom stereocenters. The van der Waals surface area contributed by atoms with Crippen molar-refractivity contribution >= 4 is 17.6 Å². The van der Waals surface area contributed by atoms with Crippen molar-refractivity contribution in [3.05, 3.63) is 29.6 Å². The van der Waals surface area contributed by atoms with Crippen molar-refractivity contribution in [1.82, 2.24) is 10.6 Å². The summed E-state index contributed by atoms with van der Waals surface area (Å²) in [6.45, 7) is 6.97. The van der Waals surface area contributed by atoms with E-state index in [9.17, 15) is 14.0 Å². The van der Waals surface area contributed by atoms with E-state index in [0.29, 0.717) is 11.3 Å². The third-order valence-corrected chi connectivity index (χ3v) is 2.37. The highest BCUT2D eigenvalue weighted by atomic mass is 19.1. The molecule has 0 fully saturated rings. The van der Waals surface area contributed by atoms with Crippen LogP contribution in [0.4, 0.5) is 14.9 Å². The second kappa shape index (κ2) is 6.36. The molecule has 0 radical (unpaired) electrons. The lowest BCUT2D eigenvalue weighted by atomic mass is 10.1. The van der Waals surface area contributed by atoms with Crippen LogP contribution in [0, 0.1) is 12.7 Å². The molecule has 0 saturated heterocycles. The minimum atomic E-state index is -0.556. The Morgan fingerprint density at radius 3 is 2.45 bits per heavy atom. The molecule has 0 aliphatic heterocycles. The number of hydrogen-bond acceptors (Lipinski definition) is 3. The highest BCUT2D eigenvalue weighted by Crippen LogP contribution is 2.12. The summed E-state index contributed by atoms with van der Waals surface area (Å²) in [7, 11) is 0. The second-order valence-electron chi connectivity index (χ2n) is 5.57. The summed E-state index contributed by atoms with van der Waals surface area (Å²) in [6.07, 6.45) is 0. The molecule has 0 atom stereocenters. The van der Waals surface area contributed by atoms with Crippen molar-refractivity contribution in [2.24, 2.45) is 0 Å². The van der Waals surface area contributed by atoms with Gasteiger partial charge in [0.1, 0.15) is 5.82 Å². The predicted octanol–water partition coefficient (Wildman–Crippen LogP) is 2.17. The number of anilines is 1. The minimum absolute atomic E-state index is 0.111. The molecule has 5 nitrogen and oxygen atoms in total. The number of urea groups is 1. The van der Waals surface area contributed by atoms with E-state index >= 15 is 0 Å². The topological polar surface area (TPSA) is 70.2 Å². The second-order valence-corrected chi connectivity index (χ2v) is 5.57. The van der Waals surface area contributed by atoms with Crippen molar-refractivity contribution in [1.29, 1.82) is 0 Å². The van der Waals surface area contributed by atoms with E-state index < -0.39 is 17.5 Å². The molecular formula is C14H20FN3O2. The number of hydrogen-bond donors (Lipinski definition) is 3. The van der Waals surface area contributed by atoms with Gasteiger partial charge in [0.15, 0.2) is 0 Å². The number of halogens is 1. The number of carbonyl (C=O) groups excluding carboxylic acids is 2. The van der Waals surface area contributed by atoms with Gasteiger partial charge in [-0.1, -0.05) is 6.07 Å². The van der Waals surface area contributed by atoms with Crippen LogP contribution in [-0.4, -0.2) is 24.0 Å². The molecule has 110 valence electrons. The molecule has 0 heterocycles. The Hall–Kier alpha value is -2.11. The quantitative estimate of drug-likeness (QED) is 0.795. The molecule has 0 bridgehead atoms. The van der Waals surface area contributed by atoms with Crippen molar-refractivity contribution in [3.63, 3.8) is 0 Å². The molecule has 0 spiro atoms. The van der Waals surface area contributed by atoms with Crippen LogP contribution in [0.1, 0.15) is 26.3 Å². The van der Waals surface area contributed by atoms with Gasteiger partial charge in [0.2, 0.25) is 5.91 Å². The summed E-state index contributed by atoms with van der Waals surface area (Å²) in [5.74, 6) is -0.839. The van der Waals surface area contributed by atoms with Gasteiger partial charge in [-0.05, 0) is 45.4 Å². The SMILES string of the molecule is Cc1ccc(NCC(=O)NC(=O)NC(C)(C)C)cc1F. The maximum absolute atomic E-state index is 13.3. The average Bonchev–Trinajstić information content (AvgIpc) is 2.28. The summed E-state index contributed by atoms with van der Waals surface area (Å²) in [4.78, 5) is 23.0. The first kappa shape index (κ1) is 15.9. The molecule has 1 rings (SSSR count). The van der Waals surface area contributed by atoms with Gasteiger partial charge in [-0.2, -0.15) is 0 Å². The van der Waals surface area contributed by atoms with E-state index in [4.69, 9.17) is 0 Å². The van der Waals surface area contributed by atoms with E-state index in [0.717, 1.165) is 0 Å². The fourth-order valence-electron chi connectivity index (χ4n) is 1.43. The fraction of sp³-hybridized carbons (Fsp3) is 0.429. The smallest absolute Gasteiger partial charge is 0.321 e. The first-order chi connectivity index (χ1) is 9.17. The van der Waals surface area contributed by atoms with Gasteiger partial charge in [-0.15, -0.1) is 0 Å². The van der Waals surface area contributed by atoms with Gasteiger partial charge >= 0.3 is 6.03 Å². The molecule has 0 saturated carbocycles. The zero-order valence-corrected chi connectivity index (χ0v) is 12.1. The zero-order valence-electron chi connectivity index (χ0n) is 12.1. The summed E-state index contributed by atoms with van der Waals surface area (Å²) in [5.41, 5.74) is 0.599. The molecule has 3 N–H and O–H groups in total. The van der Waals surface area contributed by atoms with E-state index in [-0.39, 0.29) is 12.4 Å². The molecule has 1 aromatic carbocycles. The highest BCUT2D eigenvalue weighted by molar-refractivity contribution is 5.96. The van der Waals surface area contributed by atoms with Crippen LogP contribution in [0.5, 0.6) is 0 Å². The standard InChI is InChI=1S/C14H20FN3O2/c1-9-5-6-10(7-11(9)15)16-8-12(19)17-13(20)18-14(2,3)4/h5-7,16H,8H2,1-4H3,(H2,17,18,19,20). The Bertz CT molecular complexity index is 510. The van der Waals surface area contributed by atoms with Crippen LogP contribution in [-0.2, 0) is 4.79 Å². The summed E-state index contributed by atoms with van der Waals surface area (Å²) < 4.78 is 13.3. The van der Waals surface area contributed by atoms with E-state index in [2.05, 4.69) is 16.0 Å². The molecule has 20 heavy (non-hydrogen) atoms. The number of benzene rings is 1. The van der Waals surface area contributed by atoms with Gasteiger partial charge in [0.25, 0.3) is 0 Å². The van der Waals surface area contributed by atoms with Crippen LogP contribution < -0.4 is 16.0 Å². The van der Waals surface area contributed by atoms with Crippen LogP contribution in [0.15, 0.2) is 18.2 Å². The molecule has 0 aromatic heterocycles. The minimum Gasteiger partial charge on any atom is -0.376 e. The fourth-order valence-corrected chi connectivity index (χ4v) is 1.43. The summed E-state index contributed by atoms with van der Waals surface area (Å²) in [5, 5.41) is 7.54. The highest BCUT2D eigenvalue weighted by Gasteiger charge is 2.15. The van der Waals surface area contributed by atoms with Crippen LogP contribution in [0.25, 0.3) is 0 Å². The number of rotatable bonds is 3. The van der Waals surface area contributed by atoms with Gasteiger partial charge < -0.3 is 10.6 Å². The van der Waals surface area contributed by atoms with Gasteiger partial charge in [0.05, 0.1) is 6.54 Å².